The molecule has 1 atom stereocenters. The molecule has 2 rings (SSSR count). The number of hydrogen-bond donors (Lipinski definition) is 1. The van der Waals surface area contributed by atoms with Gasteiger partial charge in [-0.2, -0.15) is 4.31 Å². The van der Waals surface area contributed by atoms with Crippen LogP contribution in [0.25, 0.3) is 0 Å². The number of nitrogen functional groups attached to an aromatic ring is 1. The van der Waals surface area contributed by atoms with Gasteiger partial charge in [0.25, 0.3) is 0 Å². The molecule has 0 saturated carbocycles. The Labute approximate surface area is 117 Å². The Balaban J connectivity index is 2.54. The molecule has 1 aromatic rings. The van der Waals surface area contributed by atoms with Crippen molar-refractivity contribution < 1.29 is 8.42 Å². The number of sulfonamides is 1. The highest BCUT2D eigenvalue weighted by Crippen LogP contribution is 2.35. The summed E-state index contributed by atoms with van der Waals surface area (Å²) in [7, 11) is -3.65. The Hall–Kier alpha value is -0.490. The van der Waals surface area contributed by atoms with Crippen LogP contribution in [0.4, 0.5) is 5.69 Å². The summed E-state index contributed by atoms with van der Waals surface area (Å²) in [5, 5.41) is 0.394. The summed E-state index contributed by atoms with van der Waals surface area (Å²) in [5.74, 6) is 0. The van der Waals surface area contributed by atoms with Crippen LogP contribution in [0.2, 0.25) is 10.0 Å². The van der Waals surface area contributed by atoms with E-state index in [0.29, 0.717) is 11.6 Å². The minimum absolute atomic E-state index is 0.0267. The molecule has 0 radical (unpaired) electrons. The van der Waals surface area contributed by atoms with Gasteiger partial charge >= 0.3 is 0 Å². The molecule has 0 bridgehead atoms. The van der Waals surface area contributed by atoms with E-state index in [1.54, 1.807) is 0 Å². The van der Waals surface area contributed by atoms with Crippen molar-refractivity contribution in [3.8, 4) is 0 Å². The fourth-order valence-corrected chi connectivity index (χ4v) is 4.88. The van der Waals surface area contributed by atoms with E-state index in [4.69, 9.17) is 28.9 Å². The van der Waals surface area contributed by atoms with Crippen molar-refractivity contribution in [2.75, 3.05) is 12.3 Å². The maximum atomic E-state index is 12.5. The molecule has 1 unspecified atom stereocenters. The summed E-state index contributed by atoms with van der Waals surface area (Å²) in [6.45, 7) is 2.38. The molecule has 0 spiro atoms. The van der Waals surface area contributed by atoms with Gasteiger partial charge < -0.3 is 5.73 Å². The first-order valence-electron chi connectivity index (χ1n) is 5.60. The minimum Gasteiger partial charge on any atom is -0.398 e. The van der Waals surface area contributed by atoms with Gasteiger partial charge in [0.05, 0.1) is 10.7 Å². The van der Waals surface area contributed by atoms with Gasteiger partial charge in [-0.05, 0) is 31.9 Å². The topological polar surface area (TPSA) is 63.4 Å². The standard InChI is InChI=1S/C11H14Cl2N2O2S/c1-7-3-2-4-15(7)18(16,17)11-9(13)5-8(12)6-10(11)14/h5-7H,2-4,14H2,1H3. The quantitative estimate of drug-likeness (QED) is 0.854. The molecule has 1 heterocycles. The second kappa shape index (κ2) is 4.89. The first-order chi connectivity index (χ1) is 8.34. The zero-order valence-electron chi connectivity index (χ0n) is 9.86. The van der Waals surface area contributed by atoms with Crippen LogP contribution < -0.4 is 5.73 Å². The lowest BCUT2D eigenvalue weighted by molar-refractivity contribution is 0.408. The molecule has 4 nitrogen and oxygen atoms in total. The first kappa shape index (κ1) is 13.9. The average molecular weight is 309 g/mol. The van der Waals surface area contributed by atoms with E-state index in [1.165, 1.54) is 16.4 Å². The van der Waals surface area contributed by atoms with Gasteiger partial charge in [-0.1, -0.05) is 23.2 Å². The van der Waals surface area contributed by atoms with E-state index in [9.17, 15) is 8.42 Å². The molecule has 1 aromatic carbocycles. The monoisotopic (exact) mass is 308 g/mol. The van der Waals surface area contributed by atoms with Crippen LogP contribution in [-0.4, -0.2) is 25.3 Å². The molecule has 1 aliphatic heterocycles. The molecule has 0 amide bonds. The molecule has 2 N–H and O–H groups in total. The third-order valence-corrected chi connectivity index (χ3v) is 5.86. The zero-order chi connectivity index (χ0) is 13.5. The summed E-state index contributed by atoms with van der Waals surface area (Å²) >= 11 is 11.8. The highest BCUT2D eigenvalue weighted by molar-refractivity contribution is 7.89. The molecule has 7 heteroatoms. The lowest BCUT2D eigenvalue weighted by Gasteiger charge is -2.22. The number of benzene rings is 1. The SMILES string of the molecule is CC1CCCN1S(=O)(=O)c1c(N)cc(Cl)cc1Cl. The lowest BCUT2D eigenvalue weighted by Crippen LogP contribution is -2.34. The van der Waals surface area contributed by atoms with Gasteiger partial charge in [-0.25, -0.2) is 8.42 Å². The van der Waals surface area contributed by atoms with Crippen LogP contribution in [0, 0.1) is 0 Å². The molecule has 0 aromatic heterocycles. The number of halogens is 2. The van der Waals surface area contributed by atoms with Crippen molar-refractivity contribution >= 4 is 38.9 Å². The largest absolute Gasteiger partial charge is 0.398 e. The fraction of sp³-hybridized carbons (Fsp3) is 0.455. The number of hydrogen-bond acceptors (Lipinski definition) is 3. The van der Waals surface area contributed by atoms with Crippen LogP contribution in [0.15, 0.2) is 17.0 Å². The zero-order valence-corrected chi connectivity index (χ0v) is 12.2. The molecule has 1 fully saturated rings. The van der Waals surface area contributed by atoms with Crippen molar-refractivity contribution in [1.82, 2.24) is 4.31 Å². The second-order valence-corrected chi connectivity index (χ2v) is 7.08. The Morgan fingerprint density at radius 1 is 1.39 bits per heavy atom. The highest BCUT2D eigenvalue weighted by atomic mass is 35.5. The Bertz CT molecular complexity index is 551. The van der Waals surface area contributed by atoms with E-state index >= 15 is 0 Å². The number of rotatable bonds is 2. The van der Waals surface area contributed by atoms with Crippen LogP contribution in [0.3, 0.4) is 0 Å². The van der Waals surface area contributed by atoms with E-state index in [-0.39, 0.29) is 21.6 Å². The van der Waals surface area contributed by atoms with Gasteiger partial charge in [-0.3, -0.25) is 0 Å². The maximum Gasteiger partial charge on any atom is 0.246 e. The average Bonchev–Trinajstić information content (AvgIpc) is 2.62. The highest BCUT2D eigenvalue weighted by Gasteiger charge is 2.35. The van der Waals surface area contributed by atoms with E-state index in [2.05, 4.69) is 0 Å². The minimum atomic E-state index is -3.65. The van der Waals surface area contributed by atoms with Gasteiger partial charge in [0.15, 0.2) is 0 Å². The molecule has 1 aliphatic rings. The van der Waals surface area contributed by atoms with Crippen molar-refractivity contribution in [3.05, 3.63) is 22.2 Å². The number of nitrogens with zero attached hydrogens (tertiary/aromatic N) is 1. The van der Waals surface area contributed by atoms with Crippen molar-refractivity contribution in [2.24, 2.45) is 0 Å². The molecular formula is C11H14Cl2N2O2S. The third-order valence-electron chi connectivity index (χ3n) is 3.10. The summed E-state index contributed by atoms with van der Waals surface area (Å²) in [5.41, 5.74) is 5.84. The van der Waals surface area contributed by atoms with Crippen LogP contribution in [0.5, 0.6) is 0 Å². The molecule has 0 aliphatic carbocycles. The van der Waals surface area contributed by atoms with Gasteiger partial charge in [0.1, 0.15) is 4.90 Å². The van der Waals surface area contributed by atoms with Crippen LogP contribution >= 0.6 is 23.2 Å². The number of anilines is 1. The fourth-order valence-electron chi connectivity index (χ4n) is 2.23. The van der Waals surface area contributed by atoms with Gasteiger partial charge in [-0.15, -0.1) is 0 Å². The van der Waals surface area contributed by atoms with Crippen LogP contribution in [-0.2, 0) is 10.0 Å². The predicted molar refractivity (Wildman–Crippen MR) is 73.5 cm³/mol. The predicted octanol–water partition coefficient (Wildman–Crippen LogP) is 2.75. The summed E-state index contributed by atoms with van der Waals surface area (Å²) < 4.78 is 26.5. The summed E-state index contributed by atoms with van der Waals surface area (Å²) in [4.78, 5) is -0.0395. The van der Waals surface area contributed by atoms with Gasteiger partial charge in [0, 0.05) is 17.6 Å². The number of nitrogens with two attached hydrogens (primary N) is 1. The van der Waals surface area contributed by atoms with Crippen molar-refractivity contribution in [2.45, 2.75) is 30.7 Å². The maximum absolute atomic E-state index is 12.5. The van der Waals surface area contributed by atoms with E-state index in [1.807, 2.05) is 6.92 Å². The van der Waals surface area contributed by atoms with Crippen LogP contribution in [0.1, 0.15) is 19.8 Å². The smallest absolute Gasteiger partial charge is 0.246 e. The van der Waals surface area contributed by atoms with E-state index in [0.717, 1.165) is 12.8 Å². The summed E-state index contributed by atoms with van der Waals surface area (Å²) in [6, 6.07) is 2.77. The normalized spacial score (nSPS) is 21.4. The summed E-state index contributed by atoms with van der Waals surface area (Å²) in [6.07, 6.45) is 1.70. The molecule has 18 heavy (non-hydrogen) atoms. The van der Waals surface area contributed by atoms with Gasteiger partial charge in [0.2, 0.25) is 10.0 Å². The Kier molecular flexibility index (Phi) is 3.78. The van der Waals surface area contributed by atoms with Crippen molar-refractivity contribution in [3.63, 3.8) is 0 Å². The van der Waals surface area contributed by atoms with Crippen molar-refractivity contribution in [1.29, 1.82) is 0 Å². The lowest BCUT2D eigenvalue weighted by atomic mass is 10.3. The molecular weight excluding hydrogens is 295 g/mol. The Morgan fingerprint density at radius 2 is 2.06 bits per heavy atom. The van der Waals surface area contributed by atoms with E-state index < -0.39 is 10.0 Å². The molecule has 100 valence electrons. The Morgan fingerprint density at radius 3 is 2.56 bits per heavy atom. The third kappa shape index (κ3) is 2.32. The second-order valence-electron chi connectivity index (χ2n) is 4.41. The molecule has 1 saturated heterocycles. The first-order valence-corrected chi connectivity index (χ1v) is 7.80.